The van der Waals surface area contributed by atoms with E-state index in [2.05, 4.69) is 18.1 Å². The highest BCUT2D eigenvalue weighted by Crippen LogP contribution is 2.28. The molecule has 2 rings (SSSR count). The minimum Gasteiger partial charge on any atom is -0.388 e. The highest BCUT2D eigenvalue weighted by molar-refractivity contribution is 7.98. The van der Waals surface area contributed by atoms with Gasteiger partial charge in [-0.3, -0.25) is 4.68 Å². The molecule has 4 heteroatoms. The maximum absolute atomic E-state index is 10.5. The summed E-state index contributed by atoms with van der Waals surface area (Å²) in [5.41, 5.74) is 3.09. The fourth-order valence-electron chi connectivity index (χ4n) is 2.29. The molecule has 1 N–H and O–H groups in total. The first kappa shape index (κ1) is 14.2. The Balaban J connectivity index is 2.22. The second-order valence-corrected chi connectivity index (χ2v) is 5.40. The van der Waals surface area contributed by atoms with Gasteiger partial charge in [-0.05, 0) is 37.8 Å². The second-order valence-electron chi connectivity index (χ2n) is 4.55. The van der Waals surface area contributed by atoms with Crippen LogP contribution in [0, 0.1) is 6.92 Å². The van der Waals surface area contributed by atoms with E-state index in [0.717, 1.165) is 28.4 Å². The Morgan fingerprint density at radius 2 is 2.11 bits per heavy atom. The van der Waals surface area contributed by atoms with Crippen LogP contribution in [-0.2, 0) is 13.0 Å². The van der Waals surface area contributed by atoms with Crippen molar-refractivity contribution >= 4 is 11.8 Å². The van der Waals surface area contributed by atoms with E-state index in [0.29, 0.717) is 6.42 Å². The Hall–Kier alpha value is -1.26. The molecule has 0 saturated carbocycles. The highest BCUT2D eigenvalue weighted by Gasteiger charge is 2.15. The first-order valence-electron chi connectivity index (χ1n) is 6.50. The van der Waals surface area contributed by atoms with Crippen LogP contribution in [0.25, 0.3) is 0 Å². The van der Waals surface area contributed by atoms with E-state index in [1.165, 1.54) is 0 Å². The molecule has 1 aromatic heterocycles. The number of nitrogens with zero attached hydrogens (tertiary/aromatic N) is 2. The Morgan fingerprint density at radius 1 is 1.37 bits per heavy atom. The minimum atomic E-state index is -0.481. The van der Waals surface area contributed by atoms with Gasteiger partial charge >= 0.3 is 0 Å². The predicted molar refractivity (Wildman–Crippen MR) is 79.5 cm³/mol. The molecule has 1 atom stereocenters. The second kappa shape index (κ2) is 6.26. The lowest BCUT2D eigenvalue weighted by molar-refractivity contribution is 0.172. The van der Waals surface area contributed by atoms with Crippen molar-refractivity contribution in [2.75, 3.05) is 6.26 Å². The number of aromatic nitrogens is 2. The lowest BCUT2D eigenvalue weighted by Gasteiger charge is -2.15. The largest absolute Gasteiger partial charge is 0.388 e. The van der Waals surface area contributed by atoms with Crippen LogP contribution in [0.5, 0.6) is 0 Å². The van der Waals surface area contributed by atoms with Gasteiger partial charge in [-0.25, -0.2) is 0 Å². The molecule has 102 valence electrons. The third-order valence-corrected chi connectivity index (χ3v) is 4.00. The summed E-state index contributed by atoms with van der Waals surface area (Å²) in [6.45, 7) is 4.89. The SMILES string of the molecule is CCn1nc(C)cc1CC(O)c1ccccc1SC. The number of aliphatic hydroxyl groups is 1. The van der Waals surface area contributed by atoms with Crippen molar-refractivity contribution in [2.24, 2.45) is 0 Å². The Labute approximate surface area is 118 Å². The summed E-state index contributed by atoms with van der Waals surface area (Å²) in [5.74, 6) is 0. The maximum Gasteiger partial charge on any atom is 0.0856 e. The molecule has 0 fully saturated rings. The Morgan fingerprint density at radius 3 is 2.79 bits per heavy atom. The van der Waals surface area contributed by atoms with Gasteiger partial charge < -0.3 is 5.11 Å². The smallest absolute Gasteiger partial charge is 0.0856 e. The van der Waals surface area contributed by atoms with E-state index >= 15 is 0 Å². The minimum absolute atomic E-state index is 0.481. The van der Waals surface area contributed by atoms with Crippen LogP contribution in [0.1, 0.15) is 30.0 Å². The van der Waals surface area contributed by atoms with Gasteiger partial charge in [0.05, 0.1) is 11.8 Å². The van der Waals surface area contributed by atoms with Crippen LogP contribution in [0.4, 0.5) is 0 Å². The zero-order valence-corrected chi connectivity index (χ0v) is 12.4. The van der Waals surface area contributed by atoms with Gasteiger partial charge in [0.15, 0.2) is 0 Å². The number of aryl methyl sites for hydroxylation is 2. The van der Waals surface area contributed by atoms with Gasteiger partial charge in [-0.1, -0.05) is 18.2 Å². The Kier molecular flexibility index (Phi) is 4.66. The maximum atomic E-state index is 10.5. The molecule has 0 radical (unpaired) electrons. The van der Waals surface area contributed by atoms with E-state index in [9.17, 15) is 5.11 Å². The molecule has 0 bridgehead atoms. The highest BCUT2D eigenvalue weighted by atomic mass is 32.2. The van der Waals surface area contributed by atoms with Crippen molar-refractivity contribution in [3.8, 4) is 0 Å². The van der Waals surface area contributed by atoms with E-state index < -0.39 is 6.10 Å². The van der Waals surface area contributed by atoms with Crippen molar-refractivity contribution in [2.45, 2.75) is 37.8 Å². The van der Waals surface area contributed by atoms with Crippen LogP contribution >= 0.6 is 11.8 Å². The molecule has 2 aromatic rings. The average molecular weight is 276 g/mol. The van der Waals surface area contributed by atoms with Crippen molar-refractivity contribution < 1.29 is 5.11 Å². The molecule has 19 heavy (non-hydrogen) atoms. The molecule has 0 amide bonds. The standard InChI is InChI=1S/C15H20N2OS/c1-4-17-12(9-11(2)16-17)10-14(18)13-7-5-6-8-15(13)19-3/h5-9,14,18H,4,10H2,1-3H3. The van der Waals surface area contributed by atoms with Crippen LogP contribution in [0.2, 0.25) is 0 Å². The monoisotopic (exact) mass is 276 g/mol. The molecular formula is C15H20N2OS. The molecule has 1 heterocycles. The molecule has 3 nitrogen and oxygen atoms in total. The number of rotatable bonds is 5. The van der Waals surface area contributed by atoms with Crippen LogP contribution in [0.15, 0.2) is 35.2 Å². The van der Waals surface area contributed by atoms with Gasteiger partial charge in [0.1, 0.15) is 0 Å². The number of aliphatic hydroxyl groups excluding tert-OH is 1. The summed E-state index contributed by atoms with van der Waals surface area (Å²) in [5, 5.41) is 14.9. The fourth-order valence-corrected chi connectivity index (χ4v) is 2.94. The predicted octanol–water partition coefficient (Wildman–Crippen LogP) is 3.21. The Bertz CT molecular complexity index is 551. The lowest BCUT2D eigenvalue weighted by Crippen LogP contribution is -2.09. The summed E-state index contributed by atoms with van der Waals surface area (Å²) in [6, 6.07) is 10.1. The van der Waals surface area contributed by atoms with Gasteiger partial charge in [-0.15, -0.1) is 11.8 Å². The summed E-state index contributed by atoms with van der Waals surface area (Å²) in [7, 11) is 0. The van der Waals surface area contributed by atoms with E-state index in [4.69, 9.17) is 0 Å². The van der Waals surface area contributed by atoms with Gasteiger partial charge in [-0.2, -0.15) is 5.10 Å². The van der Waals surface area contributed by atoms with E-state index in [-0.39, 0.29) is 0 Å². The molecule has 0 aliphatic heterocycles. The zero-order valence-electron chi connectivity index (χ0n) is 11.6. The number of thioether (sulfide) groups is 1. The third-order valence-electron chi connectivity index (χ3n) is 3.19. The first-order valence-corrected chi connectivity index (χ1v) is 7.72. The summed E-state index contributed by atoms with van der Waals surface area (Å²) in [4.78, 5) is 1.13. The van der Waals surface area contributed by atoms with Gasteiger partial charge in [0, 0.05) is 23.6 Å². The zero-order chi connectivity index (χ0) is 13.8. The summed E-state index contributed by atoms with van der Waals surface area (Å²) < 4.78 is 1.96. The van der Waals surface area contributed by atoms with Crippen molar-refractivity contribution in [1.29, 1.82) is 0 Å². The van der Waals surface area contributed by atoms with Crippen LogP contribution in [0.3, 0.4) is 0 Å². The van der Waals surface area contributed by atoms with E-state index in [1.807, 2.05) is 42.1 Å². The first-order chi connectivity index (χ1) is 9.15. The average Bonchev–Trinajstić information content (AvgIpc) is 2.78. The van der Waals surface area contributed by atoms with Crippen molar-refractivity contribution in [3.05, 3.63) is 47.3 Å². The lowest BCUT2D eigenvalue weighted by atomic mass is 10.0. The number of hydrogen-bond acceptors (Lipinski definition) is 3. The molecule has 0 spiro atoms. The topological polar surface area (TPSA) is 38.0 Å². The van der Waals surface area contributed by atoms with Crippen LogP contribution < -0.4 is 0 Å². The molecule has 1 unspecified atom stereocenters. The third kappa shape index (κ3) is 3.19. The summed E-state index contributed by atoms with van der Waals surface area (Å²) in [6.07, 6.45) is 2.16. The quantitative estimate of drug-likeness (QED) is 0.852. The molecule has 0 aliphatic rings. The van der Waals surface area contributed by atoms with E-state index in [1.54, 1.807) is 11.8 Å². The molecule has 0 aliphatic carbocycles. The number of hydrogen-bond donors (Lipinski definition) is 1. The summed E-state index contributed by atoms with van der Waals surface area (Å²) >= 11 is 1.67. The number of benzene rings is 1. The van der Waals surface area contributed by atoms with Gasteiger partial charge in [0.2, 0.25) is 0 Å². The van der Waals surface area contributed by atoms with Crippen molar-refractivity contribution in [3.63, 3.8) is 0 Å². The molecule has 1 aromatic carbocycles. The normalized spacial score (nSPS) is 12.6. The van der Waals surface area contributed by atoms with Crippen LogP contribution in [-0.4, -0.2) is 21.1 Å². The van der Waals surface area contributed by atoms with Crippen molar-refractivity contribution in [1.82, 2.24) is 9.78 Å². The molecule has 0 saturated heterocycles. The fraction of sp³-hybridized carbons (Fsp3) is 0.400. The molecular weight excluding hydrogens is 256 g/mol. The van der Waals surface area contributed by atoms with Gasteiger partial charge in [0.25, 0.3) is 0 Å².